The van der Waals surface area contributed by atoms with E-state index in [-0.39, 0.29) is 29.5 Å². The monoisotopic (exact) mass is 371 g/mol. The topological polar surface area (TPSA) is 224 Å². The highest BCUT2D eigenvalue weighted by Gasteiger charge is 2.45. The first-order valence-corrected chi connectivity index (χ1v) is 8.14. The minimum absolute atomic E-state index is 0.0418. The van der Waals surface area contributed by atoms with Crippen molar-refractivity contribution in [1.29, 1.82) is 0 Å². The van der Waals surface area contributed by atoms with Gasteiger partial charge in [0.2, 0.25) is 14.5 Å². The van der Waals surface area contributed by atoms with Gasteiger partial charge in [-0.1, -0.05) is 0 Å². The Morgan fingerprint density at radius 3 is 2.88 bits per heavy atom. The van der Waals surface area contributed by atoms with Crippen LogP contribution in [0.5, 0.6) is 0 Å². The molecule has 25 heavy (non-hydrogen) atoms. The molecule has 14 nitrogen and oxygen atoms in total. The number of nitrogen functional groups attached to an aromatic ring is 1. The molecule has 5 atom stereocenters. The summed E-state index contributed by atoms with van der Waals surface area (Å²) in [4.78, 5) is 23.5. The van der Waals surface area contributed by atoms with E-state index < -0.39 is 33.1 Å². The van der Waals surface area contributed by atoms with Crippen molar-refractivity contribution in [3.8, 4) is 0 Å². The van der Waals surface area contributed by atoms with Gasteiger partial charge in [0.25, 0.3) is 0 Å². The molecule has 0 saturated carbocycles. The van der Waals surface area contributed by atoms with Crippen molar-refractivity contribution in [1.82, 2.24) is 19.5 Å². The number of rotatable bonds is 5. The molecule has 1 aliphatic rings. The number of anilines is 1. The standard InChI is InChI=1S/C10H14N9O5P/c11-7-4-8(15-2-14-7)19(10(16-4)17-18-12)9-6(21)5(20)3(24-9)1-23-25(13)22/h2-3,5-6,9,20-22H,1,13H2,(H2,11,14,15)/t3-,5-,6-,9-,25?/m1/s1. The van der Waals surface area contributed by atoms with Crippen LogP contribution in [0.3, 0.4) is 0 Å². The minimum Gasteiger partial charge on any atom is -0.387 e. The maximum Gasteiger partial charge on any atom is 0.250 e. The first-order valence-electron chi connectivity index (χ1n) is 6.85. The first kappa shape index (κ1) is 17.7. The van der Waals surface area contributed by atoms with E-state index in [1.165, 1.54) is 10.9 Å². The van der Waals surface area contributed by atoms with E-state index in [2.05, 4.69) is 25.0 Å². The molecule has 1 unspecified atom stereocenters. The second-order valence-corrected chi connectivity index (χ2v) is 5.91. The molecule has 0 spiro atoms. The van der Waals surface area contributed by atoms with Crippen LogP contribution in [-0.2, 0) is 9.26 Å². The normalized spacial score (nSPS) is 27.4. The number of hydrogen-bond donors (Lipinski definition) is 5. The fourth-order valence-electron chi connectivity index (χ4n) is 2.49. The van der Waals surface area contributed by atoms with Crippen molar-refractivity contribution in [2.24, 2.45) is 10.6 Å². The number of aromatic nitrogens is 4. The zero-order chi connectivity index (χ0) is 18.1. The Bertz CT molecular complexity index is 824. The van der Waals surface area contributed by atoms with Gasteiger partial charge in [-0.2, -0.15) is 0 Å². The smallest absolute Gasteiger partial charge is 0.250 e. The molecule has 0 aromatic carbocycles. The quantitative estimate of drug-likeness (QED) is 0.189. The molecule has 0 radical (unpaired) electrons. The van der Waals surface area contributed by atoms with E-state index in [9.17, 15) is 10.2 Å². The predicted octanol–water partition coefficient (Wildman–Crippen LogP) is -0.836. The summed E-state index contributed by atoms with van der Waals surface area (Å²) in [6.07, 6.45) is -3.78. The number of azide groups is 1. The van der Waals surface area contributed by atoms with Gasteiger partial charge in [-0.05, 0) is 10.6 Å². The number of nitrogens with two attached hydrogens (primary N) is 2. The molecule has 7 N–H and O–H groups in total. The van der Waals surface area contributed by atoms with E-state index in [0.717, 1.165) is 0 Å². The minimum atomic E-state index is -2.15. The average Bonchev–Trinajstić information content (AvgIpc) is 3.06. The third-order valence-electron chi connectivity index (χ3n) is 3.58. The third kappa shape index (κ3) is 3.20. The molecular weight excluding hydrogens is 357 g/mol. The van der Waals surface area contributed by atoms with E-state index in [0.29, 0.717) is 0 Å². The summed E-state index contributed by atoms with van der Waals surface area (Å²) in [5, 5.41) is 23.9. The zero-order valence-electron chi connectivity index (χ0n) is 12.5. The molecule has 134 valence electrons. The zero-order valence-corrected chi connectivity index (χ0v) is 13.4. The van der Waals surface area contributed by atoms with Crippen LogP contribution < -0.4 is 11.2 Å². The fourth-order valence-corrected chi connectivity index (χ4v) is 2.79. The molecule has 15 heteroatoms. The number of ether oxygens (including phenoxy) is 1. The van der Waals surface area contributed by atoms with E-state index in [4.69, 9.17) is 30.9 Å². The number of fused-ring (bicyclic) bond motifs is 1. The Balaban J connectivity index is 2.02. The van der Waals surface area contributed by atoms with E-state index in [1.807, 2.05) is 0 Å². The lowest BCUT2D eigenvalue weighted by Crippen LogP contribution is -2.33. The van der Waals surface area contributed by atoms with Gasteiger partial charge in [-0.3, -0.25) is 10.1 Å². The molecule has 0 aliphatic carbocycles. The molecule has 1 fully saturated rings. The second-order valence-electron chi connectivity index (χ2n) is 5.05. The highest BCUT2D eigenvalue weighted by Crippen LogP contribution is 2.37. The van der Waals surface area contributed by atoms with Gasteiger partial charge in [0.15, 0.2) is 23.2 Å². The highest BCUT2D eigenvalue weighted by atomic mass is 31.2. The largest absolute Gasteiger partial charge is 0.387 e. The van der Waals surface area contributed by atoms with Gasteiger partial charge < -0.3 is 30.1 Å². The fraction of sp³-hybridized carbons (Fsp3) is 0.500. The summed E-state index contributed by atoms with van der Waals surface area (Å²) in [6, 6.07) is 0. The van der Waals surface area contributed by atoms with Crippen molar-refractivity contribution in [3.05, 3.63) is 16.8 Å². The number of aliphatic hydroxyl groups excluding tert-OH is 2. The van der Waals surface area contributed by atoms with Crippen LogP contribution in [-0.4, -0.2) is 59.5 Å². The lowest BCUT2D eigenvalue weighted by atomic mass is 10.1. The van der Waals surface area contributed by atoms with Crippen molar-refractivity contribution in [2.45, 2.75) is 24.5 Å². The Kier molecular flexibility index (Phi) is 4.94. The lowest BCUT2D eigenvalue weighted by Gasteiger charge is -2.18. The molecule has 1 aliphatic heterocycles. The summed E-state index contributed by atoms with van der Waals surface area (Å²) in [6.45, 7) is -0.256. The number of nitrogens with zero attached hydrogens (tertiary/aromatic N) is 7. The van der Waals surface area contributed by atoms with E-state index >= 15 is 0 Å². The SMILES string of the molecule is [N-]=[N+]=Nc1nc2c(N)ncnc2n1[C@@H]1O[C@H](COP(N)O)[C@@H](O)[C@H]1O. The van der Waals surface area contributed by atoms with Crippen LogP contribution in [0.4, 0.5) is 11.8 Å². The molecule has 0 amide bonds. The van der Waals surface area contributed by atoms with Crippen molar-refractivity contribution < 1.29 is 24.4 Å². The van der Waals surface area contributed by atoms with Crippen LogP contribution >= 0.6 is 8.53 Å². The number of hydrogen-bond acceptors (Lipinski definition) is 11. The summed E-state index contributed by atoms with van der Waals surface area (Å²) in [5.74, 6) is -0.133. The summed E-state index contributed by atoms with van der Waals surface area (Å²) in [5.41, 5.74) is 19.9. The first-order chi connectivity index (χ1) is 11.9. The predicted molar refractivity (Wildman–Crippen MR) is 83.7 cm³/mol. The van der Waals surface area contributed by atoms with Gasteiger partial charge in [0.05, 0.1) is 6.61 Å². The van der Waals surface area contributed by atoms with Crippen LogP contribution in [0, 0.1) is 0 Å². The molecule has 3 heterocycles. The molecule has 1 saturated heterocycles. The highest BCUT2D eigenvalue weighted by molar-refractivity contribution is 7.43. The molecule has 3 rings (SSSR count). The Morgan fingerprint density at radius 2 is 2.20 bits per heavy atom. The molecule has 2 aromatic heterocycles. The van der Waals surface area contributed by atoms with Crippen LogP contribution in [0.2, 0.25) is 0 Å². The van der Waals surface area contributed by atoms with Crippen LogP contribution in [0.1, 0.15) is 6.23 Å². The van der Waals surface area contributed by atoms with Gasteiger partial charge in [-0.25, -0.2) is 15.0 Å². The van der Waals surface area contributed by atoms with Crippen molar-refractivity contribution in [3.63, 3.8) is 0 Å². The van der Waals surface area contributed by atoms with Crippen LogP contribution in [0.25, 0.3) is 21.6 Å². The summed E-state index contributed by atoms with van der Waals surface area (Å²) < 4.78 is 11.6. The maximum atomic E-state index is 10.3. The Morgan fingerprint density at radius 1 is 1.44 bits per heavy atom. The lowest BCUT2D eigenvalue weighted by molar-refractivity contribution is -0.0463. The Hall–Kier alpha value is -2.15. The third-order valence-corrected chi connectivity index (χ3v) is 4.00. The molecule has 2 aromatic rings. The maximum absolute atomic E-state index is 10.3. The number of aliphatic hydroxyl groups is 2. The summed E-state index contributed by atoms with van der Waals surface area (Å²) in [7, 11) is -2.15. The summed E-state index contributed by atoms with van der Waals surface area (Å²) >= 11 is 0. The van der Waals surface area contributed by atoms with Gasteiger partial charge in [0.1, 0.15) is 24.6 Å². The molecular formula is C10H14N9O5P. The van der Waals surface area contributed by atoms with Gasteiger partial charge in [0, 0.05) is 4.91 Å². The molecule has 0 bridgehead atoms. The van der Waals surface area contributed by atoms with Crippen molar-refractivity contribution >= 4 is 31.5 Å². The van der Waals surface area contributed by atoms with Gasteiger partial charge >= 0.3 is 0 Å². The number of imidazole rings is 1. The van der Waals surface area contributed by atoms with Crippen LogP contribution in [0.15, 0.2) is 11.4 Å². The van der Waals surface area contributed by atoms with E-state index in [1.54, 1.807) is 0 Å². The Labute approximate surface area is 140 Å². The average molecular weight is 371 g/mol. The van der Waals surface area contributed by atoms with Gasteiger partial charge in [-0.15, -0.1) is 0 Å². The second kappa shape index (κ2) is 7.00. The van der Waals surface area contributed by atoms with Crippen molar-refractivity contribution in [2.75, 3.05) is 12.3 Å².